The van der Waals surface area contributed by atoms with E-state index in [4.69, 9.17) is 23.7 Å². The van der Waals surface area contributed by atoms with Crippen LogP contribution in [0, 0.1) is 9.81 Å². The maximum atomic E-state index is 12.4. The first-order valence-corrected chi connectivity index (χ1v) is 13.1. The van der Waals surface area contributed by atoms with E-state index in [1.54, 1.807) is 38.1 Å². The molecule has 2 atom stereocenters. The average molecular weight is 568 g/mol. The minimum atomic E-state index is -1.07. The number of nitroso groups, excluding NO2 is 2. The van der Waals surface area contributed by atoms with Gasteiger partial charge in [-0.2, -0.15) is 5.01 Å². The summed E-state index contributed by atoms with van der Waals surface area (Å²) in [4.78, 5) is 48.2. The number of carbonyl (C=O) groups is 2. The molecule has 1 aromatic rings. The fourth-order valence-corrected chi connectivity index (χ4v) is 4.06. The van der Waals surface area contributed by atoms with Crippen LogP contribution >= 0.6 is 0 Å². The summed E-state index contributed by atoms with van der Waals surface area (Å²) >= 11 is 0. The van der Waals surface area contributed by atoms with Crippen LogP contribution in [0.3, 0.4) is 0 Å². The van der Waals surface area contributed by atoms with Gasteiger partial charge in [0, 0.05) is 19.5 Å². The summed E-state index contributed by atoms with van der Waals surface area (Å²) in [5, 5.41) is 17.6. The molecular formula is C25H37N5O10. The van der Waals surface area contributed by atoms with Crippen molar-refractivity contribution in [2.45, 2.75) is 44.7 Å². The van der Waals surface area contributed by atoms with Gasteiger partial charge in [0.05, 0.1) is 50.0 Å². The Labute approximate surface area is 232 Å². The van der Waals surface area contributed by atoms with Gasteiger partial charge < -0.3 is 33.7 Å². The number of urea groups is 1. The molecule has 3 rings (SSSR count). The summed E-state index contributed by atoms with van der Waals surface area (Å²) in [7, 11) is 0. The largest absolute Gasteiger partial charge is 0.491 e. The number of rotatable bonds is 15. The van der Waals surface area contributed by atoms with Gasteiger partial charge in [-0.1, -0.05) is 12.1 Å². The molecule has 0 aromatic heterocycles. The van der Waals surface area contributed by atoms with Crippen LogP contribution < -0.4 is 4.74 Å². The first-order valence-electron chi connectivity index (χ1n) is 13.1. The zero-order valence-corrected chi connectivity index (χ0v) is 22.8. The van der Waals surface area contributed by atoms with Crippen molar-refractivity contribution in [2.24, 2.45) is 10.6 Å². The van der Waals surface area contributed by atoms with Crippen molar-refractivity contribution in [1.29, 1.82) is 0 Å². The van der Waals surface area contributed by atoms with E-state index in [1.165, 1.54) is 4.90 Å². The quantitative estimate of drug-likeness (QED) is 0.185. The van der Waals surface area contributed by atoms with Crippen LogP contribution in [0.5, 0.6) is 5.75 Å². The molecule has 0 radical (unpaired) electrons. The first kappa shape index (κ1) is 31.1. The van der Waals surface area contributed by atoms with E-state index in [2.05, 4.69) is 10.6 Å². The Bertz CT molecular complexity index is 973. The van der Waals surface area contributed by atoms with Gasteiger partial charge in [-0.15, -0.1) is 9.81 Å². The summed E-state index contributed by atoms with van der Waals surface area (Å²) in [6.45, 7) is 5.01. The molecule has 0 spiro atoms. The van der Waals surface area contributed by atoms with Crippen LogP contribution in [-0.2, 0) is 30.2 Å². The molecule has 15 nitrogen and oxygen atoms in total. The van der Waals surface area contributed by atoms with Crippen LogP contribution in [0.25, 0.3) is 0 Å². The molecule has 15 heteroatoms. The fraction of sp³-hybridized carbons (Fsp3) is 0.680. The second-order valence-corrected chi connectivity index (χ2v) is 9.82. The third-order valence-electron chi connectivity index (χ3n) is 6.19. The van der Waals surface area contributed by atoms with E-state index in [0.717, 1.165) is 10.6 Å². The maximum Gasteiger partial charge on any atom is 0.343 e. The number of hydrogen-bond donors (Lipinski definition) is 1. The lowest BCUT2D eigenvalue weighted by Gasteiger charge is -2.29. The predicted octanol–water partition coefficient (Wildman–Crippen LogP) is 1.47. The van der Waals surface area contributed by atoms with Gasteiger partial charge in [0.15, 0.2) is 5.79 Å². The Hall–Kier alpha value is -3.40. The molecule has 0 unspecified atom stereocenters. The highest BCUT2D eigenvalue weighted by molar-refractivity contribution is 5.74. The molecule has 2 fully saturated rings. The van der Waals surface area contributed by atoms with Crippen molar-refractivity contribution in [3.63, 3.8) is 0 Å². The van der Waals surface area contributed by atoms with E-state index >= 15 is 0 Å². The number of amides is 2. The number of aliphatic hydroxyl groups is 1. The molecule has 222 valence electrons. The Morgan fingerprint density at radius 2 is 1.88 bits per heavy atom. The van der Waals surface area contributed by atoms with Gasteiger partial charge in [-0.3, -0.25) is 9.80 Å². The number of carbonyl (C=O) groups excluding carboxylic acids is 2. The summed E-state index contributed by atoms with van der Waals surface area (Å²) in [6.07, 6.45) is -0.651. The standard InChI is InChI=1S/C25H37N5O10/c1-25(2)39-18-22(40-25)17-38-23(32)8-5-19-3-6-21(7-4-19)37-16-20(31)15-29(26-34)9-10-30(27-35)24(33)28-11-13-36-14-12-28/h3-4,6-7,20,22,31H,5,8-18H2,1-2H3/t20-,22+/m0/s1. The van der Waals surface area contributed by atoms with E-state index in [9.17, 15) is 24.5 Å². The Morgan fingerprint density at radius 3 is 2.50 bits per heavy atom. The van der Waals surface area contributed by atoms with Crippen molar-refractivity contribution < 1.29 is 38.4 Å². The monoisotopic (exact) mass is 567 g/mol. The summed E-state index contributed by atoms with van der Waals surface area (Å²) < 4.78 is 27.1. The number of aryl methyl sites for hydroxylation is 1. The van der Waals surface area contributed by atoms with Crippen molar-refractivity contribution in [3.8, 4) is 5.75 Å². The number of morpholine rings is 1. The first-order chi connectivity index (χ1) is 19.2. The summed E-state index contributed by atoms with van der Waals surface area (Å²) in [5.74, 6) is -0.504. The van der Waals surface area contributed by atoms with Crippen LogP contribution in [0.2, 0.25) is 0 Å². The molecule has 0 bridgehead atoms. The van der Waals surface area contributed by atoms with Crippen molar-refractivity contribution in [3.05, 3.63) is 39.6 Å². The van der Waals surface area contributed by atoms with Gasteiger partial charge in [0.2, 0.25) is 0 Å². The Morgan fingerprint density at radius 1 is 1.15 bits per heavy atom. The lowest BCUT2D eigenvalue weighted by Crippen LogP contribution is -2.48. The van der Waals surface area contributed by atoms with Crippen LogP contribution in [0.4, 0.5) is 4.79 Å². The molecule has 2 heterocycles. The number of ether oxygens (including phenoxy) is 5. The minimum Gasteiger partial charge on any atom is -0.491 e. The van der Waals surface area contributed by atoms with E-state index < -0.39 is 17.9 Å². The Kier molecular flexibility index (Phi) is 12.0. The predicted molar refractivity (Wildman–Crippen MR) is 140 cm³/mol. The highest BCUT2D eigenvalue weighted by Gasteiger charge is 2.33. The van der Waals surface area contributed by atoms with Gasteiger partial charge >= 0.3 is 12.0 Å². The SMILES string of the molecule is CC1(C)OC[C@@H](COC(=O)CCc2ccc(OC[C@@H](O)CN(CCN(N=O)C(=O)N3CCOCC3)N=O)cc2)O1. The zero-order chi connectivity index (χ0) is 29.0. The number of aliphatic hydroxyl groups excluding tert-OH is 1. The van der Waals surface area contributed by atoms with Crippen LogP contribution in [0.1, 0.15) is 25.8 Å². The molecule has 2 aliphatic heterocycles. The smallest absolute Gasteiger partial charge is 0.343 e. The van der Waals surface area contributed by atoms with Crippen molar-refractivity contribution >= 4 is 12.0 Å². The number of esters is 1. The molecule has 1 aromatic carbocycles. The summed E-state index contributed by atoms with van der Waals surface area (Å²) in [5.41, 5.74) is 0.905. The highest BCUT2D eigenvalue weighted by atomic mass is 16.7. The lowest BCUT2D eigenvalue weighted by atomic mass is 10.1. The molecule has 40 heavy (non-hydrogen) atoms. The van der Waals surface area contributed by atoms with Gasteiger partial charge in [0.25, 0.3) is 0 Å². The zero-order valence-electron chi connectivity index (χ0n) is 22.8. The average Bonchev–Trinajstić information content (AvgIpc) is 3.32. The van der Waals surface area contributed by atoms with Crippen molar-refractivity contribution in [2.75, 3.05) is 65.8 Å². The van der Waals surface area contributed by atoms with Gasteiger partial charge in [0.1, 0.15) is 31.2 Å². The van der Waals surface area contributed by atoms with E-state index in [1.807, 2.05) is 0 Å². The van der Waals surface area contributed by atoms with Gasteiger partial charge in [-0.05, 0) is 38.0 Å². The topological polar surface area (TPSA) is 169 Å². The van der Waals surface area contributed by atoms with Crippen LogP contribution in [-0.4, -0.2) is 116 Å². The second-order valence-electron chi connectivity index (χ2n) is 9.82. The second kappa shape index (κ2) is 15.4. The fourth-order valence-electron chi connectivity index (χ4n) is 4.06. The molecule has 1 N–H and O–H groups in total. The number of hydrogen-bond acceptors (Lipinski definition) is 12. The van der Waals surface area contributed by atoms with Gasteiger partial charge in [-0.25, -0.2) is 4.79 Å². The highest BCUT2D eigenvalue weighted by Crippen LogP contribution is 2.22. The van der Waals surface area contributed by atoms with E-state index in [-0.39, 0.29) is 51.3 Å². The number of benzene rings is 1. The van der Waals surface area contributed by atoms with Crippen molar-refractivity contribution in [1.82, 2.24) is 14.9 Å². The third kappa shape index (κ3) is 10.3. The summed E-state index contributed by atoms with van der Waals surface area (Å²) in [6, 6.07) is 6.44. The van der Waals surface area contributed by atoms with E-state index in [0.29, 0.717) is 50.1 Å². The number of nitrogens with zero attached hydrogens (tertiary/aromatic N) is 5. The Balaban J connectivity index is 1.33. The molecule has 2 saturated heterocycles. The maximum absolute atomic E-state index is 12.4. The molecule has 0 aliphatic carbocycles. The molecule has 2 amide bonds. The molecule has 0 saturated carbocycles. The third-order valence-corrected chi connectivity index (χ3v) is 6.19. The molecular weight excluding hydrogens is 530 g/mol. The normalized spacial score (nSPS) is 19.0. The van der Waals surface area contributed by atoms with Crippen LogP contribution in [0.15, 0.2) is 34.8 Å². The minimum absolute atomic E-state index is 0.0983. The molecule has 2 aliphatic rings. The lowest BCUT2D eigenvalue weighted by molar-refractivity contribution is -0.158.